The first-order valence-electron chi connectivity index (χ1n) is 8.51. The highest BCUT2D eigenvalue weighted by atomic mass is 35.5. The van der Waals surface area contributed by atoms with Crippen LogP contribution in [0.2, 0.25) is 5.02 Å². The van der Waals surface area contributed by atoms with Gasteiger partial charge in [0.05, 0.1) is 0 Å². The Morgan fingerprint density at radius 3 is 2.50 bits per heavy atom. The highest BCUT2D eigenvalue weighted by Gasteiger charge is 2.22. The number of urea groups is 1. The van der Waals surface area contributed by atoms with Crippen molar-refractivity contribution in [3.8, 4) is 0 Å². The van der Waals surface area contributed by atoms with E-state index in [-0.39, 0.29) is 11.9 Å². The monoisotopic (exact) mass is 351 g/mol. The number of carbonyl (C=O) groups is 2. The van der Waals surface area contributed by atoms with Crippen LogP contribution in [0.25, 0.3) is 0 Å². The highest BCUT2D eigenvalue weighted by Crippen LogP contribution is 2.14. The fraction of sp³-hybridized carbons (Fsp3) is 0.556. The van der Waals surface area contributed by atoms with Crippen LogP contribution >= 0.6 is 11.6 Å². The Morgan fingerprint density at radius 2 is 1.79 bits per heavy atom. The lowest BCUT2D eigenvalue weighted by atomic mass is 10.1. The number of rotatable bonds is 4. The lowest BCUT2D eigenvalue weighted by Gasteiger charge is -2.23. The fourth-order valence-electron chi connectivity index (χ4n) is 2.77. The van der Waals surface area contributed by atoms with E-state index in [9.17, 15) is 9.59 Å². The second-order valence-corrected chi connectivity index (χ2v) is 6.98. The van der Waals surface area contributed by atoms with Gasteiger partial charge in [0.25, 0.3) is 0 Å². The lowest BCUT2D eigenvalue weighted by molar-refractivity contribution is -0.131. The van der Waals surface area contributed by atoms with Crippen molar-refractivity contribution < 1.29 is 9.59 Å². The van der Waals surface area contributed by atoms with Crippen molar-refractivity contribution in [2.45, 2.75) is 33.2 Å². The summed E-state index contributed by atoms with van der Waals surface area (Å²) in [6.45, 7) is 7.06. The molecule has 1 N–H and O–H groups in total. The molecule has 0 radical (unpaired) electrons. The third kappa shape index (κ3) is 5.41. The zero-order valence-corrected chi connectivity index (χ0v) is 15.2. The van der Waals surface area contributed by atoms with Gasteiger partial charge in [0, 0.05) is 44.2 Å². The van der Waals surface area contributed by atoms with E-state index in [0.717, 1.165) is 18.5 Å². The zero-order valence-electron chi connectivity index (χ0n) is 14.4. The third-order valence-electron chi connectivity index (χ3n) is 4.11. The predicted molar refractivity (Wildman–Crippen MR) is 95.9 cm³/mol. The molecule has 1 saturated heterocycles. The summed E-state index contributed by atoms with van der Waals surface area (Å²) >= 11 is 6.11. The predicted octanol–water partition coefficient (Wildman–Crippen LogP) is 3.13. The van der Waals surface area contributed by atoms with Gasteiger partial charge in [0.2, 0.25) is 5.91 Å². The first kappa shape index (κ1) is 18.6. The number of benzene rings is 1. The van der Waals surface area contributed by atoms with Gasteiger partial charge in [-0.1, -0.05) is 43.6 Å². The third-order valence-corrected chi connectivity index (χ3v) is 4.48. The number of halogens is 1. The van der Waals surface area contributed by atoms with Gasteiger partial charge in [-0.05, 0) is 24.0 Å². The van der Waals surface area contributed by atoms with Gasteiger partial charge in [-0.25, -0.2) is 4.79 Å². The molecular weight excluding hydrogens is 326 g/mol. The zero-order chi connectivity index (χ0) is 17.5. The average Bonchev–Trinajstić information content (AvgIpc) is 2.79. The van der Waals surface area contributed by atoms with Gasteiger partial charge >= 0.3 is 6.03 Å². The number of nitrogens with one attached hydrogen (secondary N) is 1. The van der Waals surface area contributed by atoms with Crippen LogP contribution in [0.3, 0.4) is 0 Å². The summed E-state index contributed by atoms with van der Waals surface area (Å²) in [5.41, 5.74) is 0.899. The van der Waals surface area contributed by atoms with Crippen molar-refractivity contribution in [2.24, 2.45) is 5.92 Å². The maximum absolute atomic E-state index is 12.4. The molecule has 0 spiro atoms. The summed E-state index contributed by atoms with van der Waals surface area (Å²) in [6, 6.07) is 7.38. The van der Waals surface area contributed by atoms with Gasteiger partial charge in [-0.3, -0.25) is 4.79 Å². The van der Waals surface area contributed by atoms with E-state index < -0.39 is 0 Å². The summed E-state index contributed by atoms with van der Waals surface area (Å²) in [5, 5.41) is 3.56. The number of hydrogen-bond acceptors (Lipinski definition) is 2. The summed E-state index contributed by atoms with van der Waals surface area (Å²) in [5.74, 6) is 0.541. The van der Waals surface area contributed by atoms with Crippen LogP contribution in [0.15, 0.2) is 24.3 Å². The summed E-state index contributed by atoms with van der Waals surface area (Å²) in [4.78, 5) is 28.2. The Balaban J connectivity index is 1.83. The molecule has 0 aliphatic carbocycles. The quantitative estimate of drug-likeness (QED) is 0.906. The van der Waals surface area contributed by atoms with E-state index in [0.29, 0.717) is 43.5 Å². The Bertz CT molecular complexity index is 577. The highest BCUT2D eigenvalue weighted by molar-refractivity contribution is 6.31. The number of hydrogen-bond donors (Lipinski definition) is 1. The van der Waals surface area contributed by atoms with Crippen molar-refractivity contribution in [1.29, 1.82) is 0 Å². The Morgan fingerprint density at radius 1 is 1.12 bits per heavy atom. The maximum atomic E-state index is 12.4. The second-order valence-electron chi connectivity index (χ2n) is 6.57. The molecule has 3 amide bonds. The van der Waals surface area contributed by atoms with Crippen LogP contribution < -0.4 is 5.32 Å². The molecule has 1 heterocycles. The molecule has 0 saturated carbocycles. The second kappa shape index (κ2) is 8.92. The number of amides is 3. The van der Waals surface area contributed by atoms with E-state index in [1.807, 2.05) is 43.0 Å². The summed E-state index contributed by atoms with van der Waals surface area (Å²) < 4.78 is 0. The van der Waals surface area contributed by atoms with Gasteiger partial charge in [-0.15, -0.1) is 0 Å². The first-order valence-corrected chi connectivity index (χ1v) is 8.89. The van der Waals surface area contributed by atoms with Crippen LogP contribution in [0.4, 0.5) is 4.79 Å². The van der Waals surface area contributed by atoms with Crippen LogP contribution in [0.5, 0.6) is 0 Å². The molecule has 0 bridgehead atoms. The van der Waals surface area contributed by atoms with Gasteiger partial charge in [-0.2, -0.15) is 0 Å². The molecule has 5 nitrogen and oxygen atoms in total. The molecule has 132 valence electrons. The van der Waals surface area contributed by atoms with Gasteiger partial charge < -0.3 is 15.1 Å². The topological polar surface area (TPSA) is 52.7 Å². The minimum absolute atomic E-state index is 0.104. The van der Waals surface area contributed by atoms with E-state index in [1.54, 1.807) is 4.90 Å². The molecule has 1 aromatic carbocycles. The van der Waals surface area contributed by atoms with Gasteiger partial charge in [0.15, 0.2) is 0 Å². The molecule has 0 aromatic heterocycles. The van der Waals surface area contributed by atoms with E-state index in [1.165, 1.54) is 0 Å². The van der Waals surface area contributed by atoms with Crippen molar-refractivity contribution in [3.05, 3.63) is 34.9 Å². The largest absolute Gasteiger partial charge is 0.341 e. The van der Waals surface area contributed by atoms with Crippen molar-refractivity contribution in [1.82, 2.24) is 15.1 Å². The van der Waals surface area contributed by atoms with Crippen molar-refractivity contribution >= 4 is 23.5 Å². The Kier molecular flexibility index (Phi) is 6.91. The first-order chi connectivity index (χ1) is 11.5. The van der Waals surface area contributed by atoms with Crippen LogP contribution in [-0.2, 0) is 11.3 Å². The average molecular weight is 352 g/mol. The Labute approximate surface area is 149 Å². The summed E-state index contributed by atoms with van der Waals surface area (Å²) in [6.07, 6.45) is 1.38. The molecule has 6 heteroatoms. The van der Waals surface area contributed by atoms with Crippen LogP contribution in [-0.4, -0.2) is 47.9 Å². The standard InChI is InChI=1S/C18H26ClN3O2/c1-14(2)12-17(23)21-8-5-9-22(11-10-21)18(24)20-13-15-6-3-4-7-16(15)19/h3-4,6-7,14H,5,8-13H2,1-2H3,(H,20,24). The SMILES string of the molecule is CC(C)CC(=O)N1CCCN(C(=O)NCc2ccccc2Cl)CC1. The summed E-state index contributed by atoms with van der Waals surface area (Å²) in [7, 11) is 0. The molecule has 1 aliphatic rings. The minimum atomic E-state index is -0.104. The maximum Gasteiger partial charge on any atom is 0.317 e. The minimum Gasteiger partial charge on any atom is -0.341 e. The molecule has 0 atom stereocenters. The Hall–Kier alpha value is -1.75. The smallest absolute Gasteiger partial charge is 0.317 e. The van der Waals surface area contributed by atoms with Crippen molar-refractivity contribution in [2.75, 3.05) is 26.2 Å². The van der Waals surface area contributed by atoms with Crippen LogP contribution in [0.1, 0.15) is 32.3 Å². The van der Waals surface area contributed by atoms with Crippen molar-refractivity contribution in [3.63, 3.8) is 0 Å². The van der Waals surface area contributed by atoms with E-state index in [2.05, 4.69) is 5.32 Å². The van der Waals surface area contributed by atoms with Gasteiger partial charge in [0.1, 0.15) is 0 Å². The number of carbonyl (C=O) groups excluding carboxylic acids is 2. The number of nitrogens with zero attached hydrogens (tertiary/aromatic N) is 2. The molecule has 24 heavy (non-hydrogen) atoms. The van der Waals surface area contributed by atoms with Crippen LogP contribution in [0, 0.1) is 5.92 Å². The molecule has 1 aromatic rings. The lowest BCUT2D eigenvalue weighted by Crippen LogP contribution is -2.42. The molecule has 2 rings (SSSR count). The van der Waals surface area contributed by atoms with E-state index >= 15 is 0 Å². The molecule has 0 unspecified atom stereocenters. The normalized spacial score (nSPS) is 15.3. The van der Waals surface area contributed by atoms with E-state index in [4.69, 9.17) is 11.6 Å². The molecule has 1 aliphatic heterocycles. The molecule has 1 fully saturated rings. The molecular formula is C18H26ClN3O2. The fourth-order valence-corrected chi connectivity index (χ4v) is 2.98.